The number of aliphatic hydroxyl groups is 5. The highest BCUT2D eigenvalue weighted by Gasteiger charge is 2.47. The van der Waals surface area contributed by atoms with Gasteiger partial charge in [-0.25, -0.2) is 0 Å². The van der Waals surface area contributed by atoms with Gasteiger partial charge in [0.05, 0.1) is 25.4 Å². The van der Waals surface area contributed by atoms with Crippen molar-refractivity contribution in [3.05, 3.63) is 72.9 Å². The van der Waals surface area contributed by atoms with Crippen molar-refractivity contribution in [1.29, 1.82) is 0 Å². The van der Waals surface area contributed by atoms with E-state index in [1.807, 2.05) is 12.2 Å². The van der Waals surface area contributed by atoms with Crippen molar-refractivity contribution in [2.45, 2.75) is 282 Å². The van der Waals surface area contributed by atoms with Gasteiger partial charge in [0.25, 0.3) is 0 Å². The molecular weight excluding hydrogens is 895 g/mol. The predicted octanol–water partition coefficient (Wildman–Crippen LogP) is 12.8. The fourth-order valence-electron chi connectivity index (χ4n) is 8.56. The van der Waals surface area contributed by atoms with E-state index in [-0.39, 0.29) is 19.4 Å². The van der Waals surface area contributed by atoms with Gasteiger partial charge in [0, 0.05) is 6.42 Å². The molecule has 1 rings (SSSR count). The highest BCUT2D eigenvalue weighted by Crippen LogP contribution is 2.26. The maximum absolute atomic E-state index is 13.4. The highest BCUT2D eigenvalue weighted by atomic mass is 16.7. The largest absolute Gasteiger partial charge is 0.454 e. The summed E-state index contributed by atoms with van der Waals surface area (Å²) >= 11 is 0. The molecule has 0 radical (unpaired) electrons. The van der Waals surface area contributed by atoms with Crippen LogP contribution in [0.3, 0.4) is 0 Å². The summed E-state index contributed by atoms with van der Waals surface area (Å²) in [5.41, 5.74) is 0. The molecule has 11 heteroatoms. The third kappa shape index (κ3) is 36.6. The van der Waals surface area contributed by atoms with E-state index < -0.39 is 67.4 Å². The third-order valence-corrected chi connectivity index (χ3v) is 13.2. The topological polar surface area (TPSA) is 175 Å². The molecule has 0 aromatic carbocycles. The molecule has 8 unspecified atom stereocenters. The molecule has 1 amide bonds. The number of allylic oxidation sites excluding steroid dienone is 11. The third-order valence-electron chi connectivity index (χ3n) is 13.2. The maximum Gasteiger partial charge on any atom is 0.306 e. The Hall–Kier alpha value is -2.90. The van der Waals surface area contributed by atoms with E-state index in [1.54, 1.807) is 6.08 Å². The van der Waals surface area contributed by atoms with Gasteiger partial charge < -0.3 is 45.1 Å². The summed E-state index contributed by atoms with van der Waals surface area (Å²) in [6.07, 6.45) is 49.4. The van der Waals surface area contributed by atoms with Gasteiger partial charge >= 0.3 is 5.97 Å². The molecule has 1 aliphatic heterocycles. The number of hydrogen-bond donors (Lipinski definition) is 6. The molecule has 1 fully saturated rings. The van der Waals surface area contributed by atoms with Crippen LogP contribution in [0.5, 0.6) is 0 Å². The van der Waals surface area contributed by atoms with Crippen molar-refractivity contribution < 1.29 is 49.3 Å². The van der Waals surface area contributed by atoms with Crippen LogP contribution in [0, 0.1) is 0 Å². The van der Waals surface area contributed by atoms with Crippen LogP contribution in [0.4, 0.5) is 0 Å². The Kier molecular flexibility index (Phi) is 44.8. The lowest BCUT2D eigenvalue weighted by molar-refractivity contribution is -0.305. The van der Waals surface area contributed by atoms with Gasteiger partial charge in [-0.05, 0) is 77.0 Å². The lowest BCUT2D eigenvalue weighted by atomic mass is 9.99. The molecule has 1 heterocycles. The Labute approximate surface area is 432 Å². The SMILES string of the molecule is CC/C=C/C=C/C=C/CCCCCCCCCC(=O)OC1C(OCC(NC(=O)C(O)CCCCCCCC/C=C\C/C=C\CCCCC)C(O)/C=C/CCCCCCCCCCC)OC(CO)C(O)C1O. The first-order chi connectivity index (χ1) is 34.7. The Bertz CT molecular complexity index is 1430. The summed E-state index contributed by atoms with van der Waals surface area (Å²) in [5.74, 6) is -1.22. The fourth-order valence-corrected chi connectivity index (χ4v) is 8.56. The van der Waals surface area contributed by atoms with Gasteiger partial charge in [0.15, 0.2) is 12.4 Å². The van der Waals surface area contributed by atoms with Crippen LogP contribution >= 0.6 is 0 Å². The number of amides is 1. The minimum absolute atomic E-state index is 0.107. The first-order valence-electron chi connectivity index (χ1n) is 28.7. The molecule has 1 aliphatic rings. The van der Waals surface area contributed by atoms with Crippen molar-refractivity contribution in [3.63, 3.8) is 0 Å². The van der Waals surface area contributed by atoms with Crippen molar-refractivity contribution in [2.75, 3.05) is 13.2 Å². The summed E-state index contributed by atoms with van der Waals surface area (Å²) in [7, 11) is 0. The Balaban J connectivity index is 2.73. The summed E-state index contributed by atoms with van der Waals surface area (Å²) < 4.78 is 17.5. The predicted molar refractivity (Wildman–Crippen MR) is 292 cm³/mol. The van der Waals surface area contributed by atoms with E-state index in [0.717, 1.165) is 116 Å². The van der Waals surface area contributed by atoms with Crippen molar-refractivity contribution in [1.82, 2.24) is 5.32 Å². The quantitative estimate of drug-likeness (QED) is 0.0149. The van der Waals surface area contributed by atoms with E-state index in [9.17, 15) is 35.1 Å². The Morgan fingerprint density at radius 1 is 0.577 bits per heavy atom. The summed E-state index contributed by atoms with van der Waals surface area (Å²) in [5, 5.41) is 56.8. The lowest BCUT2D eigenvalue weighted by Crippen LogP contribution is -2.61. The van der Waals surface area contributed by atoms with Crippen LogP contribution < -0.4 is 5.32 Å². The number of hydrogen-bond acceptors (Lipinski definition) is 10. The molecule has 11 nitrogen and oxygen atoms in total. The van der Waals surface area contributed by atoms with Gasteiger partial charge in [-0.15, -0.1) is 0 Å². The average molecular weight is 1000 g/mol. The summed E-state index contributed by atoms with van der Waals surface area (Å²) in [4.78, 5) is 26.4. The van der Waals surface area contributed by atoms with Crippen LogP contribution in [0.15, 0.2) is 72.9 Å². The van der Waals surface area contributed by atoms with Crippen molar-refractivity contribution >= 4 is 11.9 Å². The Morgan fingerprint density at radius 3 is 1.65 bits per heavy atom. The number of ether oxygens (including phenoxy) is 3. The van der Waals surface area contributed by atoms with E-state index >= 15 is 0 Å². The van der Waals surface area contributed by atoms with Crippen LogP contribution in [-0.4, -0.2) is 99.6 Å². The summed E-state index contributed by atoms with van der Waals surface area (Å²) in [6.45, 7) is 5.60. The Morgan fingerprint density at radius 2 is 1.07 bits per heavy atom. The van der Waals surface area contributed by atoms with Crippen molar-refractivity contribution in [3.8, 4) is 0 Å². The summed E-state index contributed by atoms with van der Waals surface area (Å²) in [6, 6.07) is -1.03. The van der Waals surface area contributed by atoms with Gasteiger partial charge in [-0.2, -0.15) is 0 Å². The number of unbranched alkanes of at least 4 members (excludes halogenated alkanes) is 25. The van der Waals surface area contributed by atoms with Crippen LogP contribution in [0.2, 0.25) is 0 Å². The molecule has 0 aromatic rings. The number of carbonyl (C=O) groups is 2. The lowest BCUT2D eigenvalue weighted by Gasteiger charge is -2.41. The van der Waals surface area contributed by atoms with Gasteiger partial charge in [-0.1, -0.05) is 222 Å². The number of nitrogens with one attached hydrogen (secondary N) is 1. The normalized spacial score (nSPS) is 20.1. The first-order valence-corrected chi connectivity index (χ1v) is 28.7. The molecule has 0 spiro atoms. The molecule has 6 N–H and O–H groups in total. The van der Waals surface area contributed by atoms with E-state index in [0.29, 0.717) is 12.8 Å². The standard InChI is InChI=1S/C60H105NO10/c1-4-7-10-13-16-19-22-24-26-28-29-32-35-38-41-44-47-53(64)59(68)61-51(52(63)46-43-40-37-34-31-21-18-15-12-9-6-3)50-69-60-58(57(67)56(66)54(49-62)70-60)71-55(65)48-45-42-39-36-33-30-27-25-23-20-17-14-11-8-5-2/h8,11,14,16-17,19-20,23-24,26,43,46,51-54,56-58,60,62-64,66-67H,4-7,9-10,12-13,15,18,21-22,25,27-42,44-45,47-50H2,1-3H3,(H,61,68)/b11-8+,17-14+,19-16-,23-20+,26-24-,46-43+. The fraction of sp³-hybridized carbons (Fsp3) is 0.767. The van der Waals surface area contributed by atoms with Gasteiger partial charge in [0.2, 0.25) is 5.91 Å². The smallest absolute Gasteiger partial charge is 0.306 e. The molecular formula is C60H105NO10. The zero-order valence-electron chi connectivity index (χ0n) is 45.1. The average Bonchev–Trinajstić information content (AvgIpc) is 3.37. The minimum Gasteiger partial charge on any atom is -0.454 e. The zero-order valence-corrected chi connectivity index (χ0v) is 45.1. The molecule has 0 aromatic heterocycles. The molecule has 0 aliphatic carbocycles. The monoisotopic (exact) mass is 1000 g/mol. The molecule has 410 valence electrons. The van der Waals surface area contributed by atoms with Gasteiger partial charge in [-0.3, -0.25) is 9.59 Å². The molecule has 1 saturated heterocycles. The molecule has 8 atom stereocenters. The number of carbonyl (C=O) groups excluding carboxylic acids is 2. The molecule has 0 saturated carbocycles. The van der Waals surface area contributed by atoms with E-state index in [1.165, 1.54) is 70.6 Å². The first kappa shape index (κ1) is 66.1. The number of aliphatic hydroxyl groups excluding tert-OH is 5. The number of esters is 1. The second-order valence-corrected chi connectivity index (χ2v) is 19.7. The van der Waals surface area contributed by atoms with Gasteiger partial charge in [0.1, 0.15) is 24.4 Å². The minimum atomic E-state index is -1.62. The highest BCUT2D eigenvalue weighted by molar-refractivity contribution is 5.80. The van der Waals surface area contributed by atoms with Crippen LogP contribution in [-0.2, 0) is 23.8 Å². The van der Waals surface area contributed by atoms with Crippen LogP contribution in [0.1, 0.15) is 233 Å². The molecule has 0 bridgehead atoms. The second kappa shape index (κ2) is 48.1. The number of rotatable bonds is 47. The van der Waals surface area contributed by atoms with Crippen molar-refractivity contribution in [2.24, 2.45) is 0 Å². The van der Waals surface area contributed by atoms with E-state index in [4.69, 9.17) is 14.2 Å². The van der Waals surface area contributed by atoms with E-state index in [2.05, 4.69) is 80.8 Å². The zero-order chi connectivity index (χ0) is 51.8. The maximum atomic E-state index is 13.4. The molecule has 71 heavy (non-hydrogen) atoms. The van der Waals surface area contributed by atoms with Crippen LogP contribution in [0.25, 0.3) is 0 Å². The second-order valence-electron chi connectivity index (χ2n) is 19.7.